The second-order valence-corrected chi connectivity index (χ2v) is 4.52. The highest BCUT2D eigenvalue weighted by Gasteiger charge is 2.27. The molecule has 5 heteroatoms. The van der Waals surface area contributed by atoms with E-state index < -0.39 is 0 Å². The zero-order valence-electron chi connectivity index (χ0n) is 11.8. The van der Waals surface area contributed by atoms with Gasteiger partial charge in [0, 0.05) is 45.0 Å². The van der Waals surface area contributed by atoms with Gasteiger partial charge in [-0.05, 0) is 20.3 Å². The fraction of sp³-hybridized carbons (Fsp3) is 1.00. The van der Waals surface area contributed by atoms with Crippen LogP contribution in [0.15, 0.2) is 0 Å². The van der Waals surface area contributed by atoms with E-state index in [1.165, 1.54) is 0 Å². The number of ether oxygens (including phenoxy) is 3. The number of hydrogen-bond acceptors (Lipinski definition) is 5. The predicted octanol–water partition coefficient (Wildman–Crippen LogP) is 0.478. The average Bonchev–Trinajstić information content (AvgIpc) is 2.38. The van der Waals surface area contributed by atoms with Crippen molar-refractivity contribution in [1.29, 1.82) is 0 Å². The minimum Gasteiger partial charge on any atom is -0.380 e. The summed E-state index contributed by atoms with van der Waals surface area (Å²) in [4.78, 5) is 2.34. The Balaban J connectivity index is 2.40. The molecule has 0 saturated carbocycles. The minimum atomic E-state index is 0.196. The summed E-state index contributed by atoms with van der Waals surface area (Å²) >= 11 is 0. The average molecular weight is 260 g/mol. The van der Waals surface area contributed by atoms with E-state index in [1.54, 1.807) is 0 Å². The van der Waals surface area contributed by atoms with Crippen LogP contribution in [0.1, 0.15) is 20.3 Å². The molecule has 0 amide bonds. The first kappa shape index (κ1) is 15.9. The fourth-order valence-electron chi connectivity index (χ4n) is 2.21. The molecular formula is C13H28N2O3. The Morgan fingerprint density at radius 3 is 2.28 bits per heavy atom. The number of hydrogen-bond donors (Lipinski definition) is 1. The molecule has 0 aromatic carbocycles. The van der Waals surface area contributed by atoms with Gasteiger partial charge in [0.25, 0.3) is 0 Å². The van der Waals surface area contributed by atoms with Crippen molar-refractivity contribution < 1.29 is 14.2 Å². The summed E-state index contributed by atoms with van der Waals surface area (Å²) in [6, 6.07) is 0.488. The Kier molecular flexibility index (Phi) is 8.54. The van der Waals surface area contributed by atoms with Gasteiger partial charge < -0.3 is 19.9 Å². The molecule has 1 aliphatic heterocycles. The van der Waals surface area contributed by atoms with Crippen LogP contribution in [-0.2, 0) is 14.2 Å². The normalized spacial score (nSPS) is 24.7. The van der Waals surface area contributed by atoms with Gasteiger partial charge in [-0.3, -0.25) is 4.90 Å². The van der Waals surface area contributed by atoms with Crippen LogP contribution in [0.5, 0.6) is 0 Å². The van der Waals surface area contributed by atoms with Crippen molar-refractivity contribution in [3.63, 3.8) is 0 Å². The lowest BCUT2D eigenvalue weighted by Gasteiger charge is -2.38. The second kappa shape index (κ2) is 9.69. The van der Waals surface area contributed by atoms with Crippen molar-refractivity contribution in [3.8, 4) is 0 Å². The maximum absolute atomic E-state index is 6.19. The Labute approximate surface area is 111 Å². The van der Waals surface area contributed by atoms with Gasteiger partial charge in [0.05, 0.1) is 19.8 Å². The summed E-state index contributed by atoms with van der Waals surface area (Å²) in [5, 5.41) is 0. The Bertz CT molecular complexity index is 195. The monoisotopic (exact) mass is 260 g/mol. The van der Waals surface area contributed by atoms with Gasteiger partial charge in [-0.15, -0.1) is 0 Å². The van der Waals surface area contributed by atoms with Gasteiger partial charge in [0.2, 0.25) is 0 Å². The van der Waals surface area contributed by atoms with Gasteiger partial charge in [-0.2, -0.15) is 0 Å². The van der Waals surface area contributed by atoms with Crippen molar-refractivity contribution >= 4 is 0 Å². The highest BCUT2D eigenvalue weighted by atomic mass is 16.5. The van der Waals surface area contributed by atoms with E-state index in [2.05, 4.69) is 4.90 Å². The zero-order chi connectivity index (χ0) is 13.2. The fourth-order valence-corrected chi connectivity index (χ4v) is 2.21. The van der Waals surface area contributed by atoms with E-state index in [0.29, 0.717) is 6.04 Å². The van der Waals surface area contributed by atoms with Crippen molar-refractivity contribution in [2.75, 3.05) is 52.7 Å². The van der Waals surface area contributed by atoms with Crippen molar-refractivity contribution in [2.45, 2.75) is 32.4 Å². The van der Waals surface area contributed by atoms with Crippen LogP contribution in [0.3, 0.4) is 0 Å². The van der Waals surface area contributed by atoms with E-state index >= 15 is 0 Å². The second-order valence-electron chi connectivity index (χ2n) is 4.52. The molecule has 2 unspecified atom stereocenters. The quantitative estimate of drug-likeness (QED) is 0.611. The molecule has 1 heterocycles. The Hall–Kier alpha value is -0.200. The molecular weight excluding hydrogens is 232 g/mol. The molecule has 108 valence electrons. The van der Waals surface area contributed by atoms with Gasteiger partial charge in [-0.1, -0.05) is 0 Å². The molecule has 0 radical (unpaired) electrons. The van der Waals surface area contributed by atoms with Gasteiger partial charge >= 0.3 is 0 Å². The maximum atomic E-state index is 6.19. The Morgan fingerprint density at radius 2 is 1.78 bits per heavy atom. The van der Waals surface area contributed by atoms with Crippen LogP contribution in [-0.4, -0.2) is 69.7 Å². The van der Waals surface area contributed by atoms with E-state index in [4.69, 9.17) is 19.9 Å². The molecule has 0 aromatic rings. The molecule has 1 aliphatic rings. The van der Waals surface area contributed by atoms with Crippen LogP contribution in [0.2, 0.25) is 0 Å². The highest BCUT2D eigenvalue weighted by Crippen LogP contribution is 2.12. The molecule has 1 rings (SSSR count). The lowest BCUT2D eigenvalue weighted by molar-refractivity contribution is -0.0149. The number of rotatable bonds is 9. The van der Waals surface area contributed by atoms with E-state index in [1.807, 2.05) is 13.8 Å². The molecule has 18 heavy (non-hydrogen) atoms. The van der Waals surface area contributed by atoms with Crippen molar-refractivity contribution in [1.82, 2.24) is 4.90 Å². The SMILES string of the molecule is CCOCCN(CCOCC)C1COCCC1N. The molecule has 5 nitrogen and oxygen atoms in total. The topological polar surface area (TPSA) is 57.0 Å². The standard InChI is InChI=1S/C13H28N2O3/c1-3-16-9-6-15(7-10-17-4-2)13-11-18-8-5-12(13)14/h12-13H,3-11,14H2,1-2H3. The van der Waals surface area contributed by atoms with E-state index in [-0.39, 0.29) is 6.04 Å². The predicted molar refractivity (Wildman–Crippen MR) is 71.8 cm³/mol. The molecule has 1 saturated heterocycles. The third kappa shape index (κ3) is 5.63. The number of nitrogens with two attached hydrogens (primary N) is 1. The summed E-state index contributed by atoms with van der Waals surface area (Å²) in [6.07, 6.45) is 0.935. The molecule has 2 atom stereocenters. The molecule has 0 spiro atoms. The molecule has 0 bridgehead atoms. The number of nitrogens with zero attached hydrogens (tertiary/aromatic N) is 1. The van der Waals surface area contributed by atoms with Crippen LogP contribution in [0, 0.1) is 0 Å². The minimum absolute atomic E-state index is 0.196. The lowest BCUT2D eigenvalue weighted by Crippen LogP contribution is -2.55. The Morgan fingerprint density at radius 1 is 1.17 bits per heavy atom. The van der Waals surface area contributed by atoms with Gasteiger partial charge in [0.1, 0.15) is 0 Å². The first-order chi connectivity index (χ1) is 8.79. The lowest BCUT2D eigenvalue weighted by atomic mass is 10.0. The van der Waals surface area contributed by atoms with Crippen LogP contribution in [0.25, 0.3) is 0 Å². The summed E-state index contributed by atoms with van der Waals surface area (Å²) in [6.45, 7) is 10.3. The molecule has 1 fully saturated rings. The zero-order valence-corrected chi connectivity index (χ0v) is 11.8. The third-order valence-corrected chi connectivity index (χ3v) is 3.30. The largest absolute Gasteiger partial charge is 0.380 e. The summed E-state index contributed by atoms with van der Waals surface area (Å²) in [7, 11) is 0. The first-order valence-corrected chi connectivity index (χ1v) is 7.02. The molecule has 0 aromatic heterocycles. The summed E-state index contributed by atoms with van der Waals surface area (Å²) in [5.74, 6) is 0. The maximum Gasteiger partial charge on any atom is 0.0636 e. The van der Waals surface area contributed by atoms with Crippen LogP contribution < -0.4 is 5.73 Å². The summed E-state index contributed by atoms with van der Waals surface area (Å²) < 4.78 is 16.4. The van der Waals surface area contributed by atoms with Crippen molar-refractivity contribution in [2.24, 2.45) is 5.73 Å². The van der Waals surface area contributed by atoms with Gasteiger partial charge in [0.15, 0.2) is 0 Å². The van der Waals surface area contributed by atoms with E-state index in [9.17, 15) is 0 Å². The highest BCUT2D eigenvalue weighted by molar-refractivity contribution is 4.85. The van der Waals surface area contributed by atoms with Gasteiger partial charge in [-0.25, -0.2) is 0 Å². The van der Waals surface area contributed by atoms with Crippen LogP contribution in [0.4, 0.5) is 0 Å². The molecule has 2 N–H and O–H groups in total. The first-order valence-electron chi connectivity index (χ1n) is 7.02. The third-order valence-electron chi connectivity index (χ3n) is 3.30. The van der Waals surface area contributed by atoms with E-state index in [0.717, 1.165) is 59.2 Å². The summed E-state index contributed by atoms with van der Waals surface area (Å²) in [5.41, 5.74) is 6.19. The molecule has 0 aliphatic carbocycles. The van der Waals surface area contributed by atoms with Crippen LogP contribution >= 0.6 is 0 Å². The van der Waals surface area contributed by atoms with Crippen molar-refractivity contribution in [3.05, 3.63) is 0 Å². The smallest absolute Gasteiger partial charge is 0.0636 e.